The van der Waals surface area contributed by atoms with E-state index in [1.54, 1.807) is 0 Å². The fourth-order valence-electron chi connectivity index (χ4n) is 2.17. The first-order valence-electron chi connectivity index (χ1n) is 9.47. The number of hydrogen-bond acceptors (Lipinski definition) is 14. The van der Waals surface area contributed by atoms with Crippen LogP contribution >= 0.6 is 0 Å². The van der Waals surface area contributed by atoms with Crippen molar-refractivity contribution in [1.82, 2.24) is 9.80 Å². The minimum Gasteiger partial charge on any atom is -0.550 e. The molecule has 35 heavy (non-hydrogen) atoms. The number of carbonyl (C=O) groups excluding carboxylic acids is 6. The second kappa shape index (κ2) is 26.9. The summed E-state index contributed by atoms with van der Waals surface area (Å²) in [4.78, 5) is 63.9. The van der Waals surface area contributed by atoms with E-state index >= 15 is 0 Å². The summed E-state index contributed by atoms with van der Waals surface area (Å²) in [7, 11) is 0. The van der Waals surface area contributed by atoms with Gasteiger partial charge in [-0.2, -0.15) is 0 Å². The predicted octanol–water partition coefficient (Wildman–Crippen LogP) is -8.59. The molecule has 0 rings (SSSR count). The zero-order valence-corrected chi connectivity index (χ0v) is 21.0. The molecule has 0 spiro atoms. The zero-order chi connectivity index (χ0) is 25.1. The van der Waals surface area contributed by atoms with Gasteiger partial charge in [0.15, 0.2) is 0 Å². The van der Waals surface area contributed by atoms with Crippen molar-refractivity contribution >= 4 is 35.8 Å². The molecular weight excluding hydrogens is 627 g/mol. The maximum Gasteiger partial charge on any atom is 2.00 e. The van der Waals surface area contributed by atoms with Crippen molar-refractivity contribution in [2.24, 2.45) is 0 Å². The number of carbonyl (C=O) groups is 6. The van der Waals surface area contributed by atoms with Crippen molar-refractivity contribution in [3.63, 3.8) is 0 Å². The molecule has 0 aliphatic carbocycles. The SMILES string of the molecule is O=C([O-])CCN(CCC(=O)[O-])CCC(=O)[O-].O=C([O-])CCN(CCC(=O)[O-])CCC(=O)[O-].[Cu+2].[Cu+2].[Cu+2]. The van der Waals surface area contributed by atoms with Crippen molar-refractivity contribution in [3.05, 3.63) is 0 Å². The van der Waals surface area contributed by atoms with Gasteiger partial charge in [0, 0.05) is 75.1 Å². The van der Waals surface area contributed by atoms with Crippen molar-refractivity contribution in [2.75, 3.05) is 39.3 Å². The van der Waals surface area contributed by atoms with Gasteiger partial charge in [-0.25, -0.2) is 0 Å². The van der Waals surface area contributed by atoms with Gasteiger partial charge in [0.1, 0.15) is 0 Å². The number of carboxylic acids is 6. The van der Waals surface area contributed by atoms with Gasteiger partial charge in [-0.3, -0.25) is 0 Å². The van der Waals surface area contributed by atoms with Crippen LogP contribution in [0, 0.1) is 0 Å². The van der Waals surface area contributed by atoms with Gasteiger partial charge >= 0.3 is 51.2 Å². The van der Waals surface area contributed by atoms with Gasteiger partial charge in [0.2, 0.25) is 0 Å². The van der Waals surface area contributed by atoms with Crippen molar-refractivity contribution < 1.29 is 111 Å². The Morgan fingerprint density at radius 1 is 0.343 bits per heavy atom. The normalized spacial score (nSPS) is 9.43. The second-order valence-electron chi connectivity index (χ2n) is 6.42. The topological polar surface area (TPSA) is 247 Å². The Morgan fingerprint density at radius 3 is 0.543 bits per heavy atom. The van der Waals surface area contributed by atoms with Crippen molar-refractivity contribution in [3.8, 4) is 0 Å². The van der Waals surface area contributed by atoms with E-state index in [2.05, 4.69) is 0 Å². The Balaban J connectivity index is -0.000000158. The molecule has 0 bridgehead atoms. The summed E-state index contributed by atoms with van der Waals surface area (Å²) >= 11 is 0. The van der Waals surface area contributed by atoms with Crippen LogP contribution in [-0.4, -0.2) is 84.9 Å². The quantitative estimate of drug-likeness (QED) is 0.125. The predicted molar refractivity (Wildman–Crippen MR) is 90.6 cm³/mol. The summed E-state index contributed by atoms with van der Waals surface area (Å²) in [5.74, 6) is -7.63. The van der Waals surface area contributed by atoms with Crippen molar-refractivity contribution in [1.29, 1.82) is 0 Å². The minimum atomic E-state index is -1.27. The van der Waals surface area contributed by atoms with Crippen LogP contribution in [0.15, 0.2) is 0 Å². The van der Waals surface area contributed by atoms with Gasteiger partial charge in [0.25, 0.3) is 0 Å². The smallest absolute Gasteiger partial charge is 0.550 e. The van der Waals surface area contributed by atoms with E-state index in [4.69, 9.17) is 0 Å². The van der Waals surface area contributed by atoms with Gasteiger partial charge in [-0.1, -0.05) is 0 Å². The molecule has 14 nitrogen and oxygen atoms in total. The third-order valence-electron chi connectivity index (χ3n) is 3.79. The number of rotatable bonds is 18. The molecule has 0 heterocycles. The Labute approximate surface area is 233 Å². The Kier molecular flexibility index (Phi) is 33.3. The van der Waals surface area contributed by atoms with E-state index in [-0.39, 0.29) is 129 Å². The first kappa shape index (κ1) is 43.4. The van der Waals surface area contributed by atoms with Crippen LogP contribution in [0.5, 0.6) is 0 Å². The molecule has 0 saturated heterocycles. The summed E-state index contributed by atoms with van der Waals surface area (Å²) in [6.45, 7) is 0.267. The van der Waals surface area contributed by atoms with Crippen LogP contribution in [-0.2, 0) is 80.0 Å². The van der Waals surface area contributed by atoms with Crippen LogP contribution in [0.25, 0.3) is 0 Å². The van der Waals surface area contributed by atoms with E-state index in [1.807, 2.05) is 0 Å². The Bertz CT molecular complexity index is 513. The van der Waals surface area contributed by atoms with Crippen molar-refractivity contribution in [2.45, 2.75) is 38.5 Å². The minimum absolute atomic E-state index is 0. The van der Waals surface area contributed by atoms with Crippen LogP contribution < -0.4 is 30.6 Å². The number of hydrogen-bond donors (Lipinski definition) is 0. The summed E-state index contributed by atoms with van der Waals surface area (Å²) in [5, 5.41) is 61.1. The molecule has 0 atom stereocenters. The summed E-state index contributed by atoms with van der Waals surface area (Å²) in [6, 6.07) is 0. The molecule has 0 amide bonds. The summed E-state index contributed by atoms with van der Waals surface area (Å²) in [5.41, 5.74) is 0. The average Bonchev–Trinajstić information content (AvgIpc) is 2.66. The molecule has 0 aliphatic rings. The molecule has 0 N–H and O–H groups in total. The van der Waals surface area contributed by atoms with E-state index in [1.165, 1.54) is 9.80 Å². The monoisotopic (exact) mass is 649 g/mol. The average molecular weight is 651 g/mol. The molecule has 0 aromatic carbocycles. The molecule has 211 valence electrons. The molecular formula is C18H24Cu3N2O12. The standard InChI is InChI=1S/2C9H15NO6.3Cu/c2*11-7(12)1-4-10(5-2-8(13)14)6-3-9(15)16;;;/h2*1-6H2,(H,11,12)(H,13,14)(H,15,16);;;/q;;3*+2/p-6. The van der Waals surface area contributed by atoms with E-state index in [9.17, 15) is 59.4 Å². The molecule has 0 unspecified atom stereocenters. The number of nitrogens with zero attached hydrogens (tertiary/aromatic N) is 2. The summed E-state index contributed by atoms with van der Waals surface area (Å²) < 4.78 is 0. The van der Waals surface area contributed by atoms with Crippen LogP contribution in [0.3, 0.4) is 0 Å². The maximum atomic E-state index is 10.2. The Hall–Kier alpha value is -1.70. The van der Waals surface area contributed by atoms with Crippen LogP contribution in [0.2, 0.25) is 0 Å². The largest absolute Gasteiger partial charge is 2.00 e. The third kappa shape index (κ3) is 37.0. The molecule has 0 aromatic rings. The molecule has 0 aromatic heterocycles. The zero-order valence-electron chi connectivity index (χ0n) is 18.2. The van der Waals surface area contributed by atoms with Gasteiger partial charge < -0.3 is 69.2 Å². The fourth-order valence-corrected chi connectivity index (χ4v) is 2.17. The maximum absolute atomic E-state index is 10.2. The van der Waals surface area contributed by atoms with Crippen LogP contribution in [0.1, 0.15) is 38.5 Å². The molecule has 3 radical (unpaired) electrons. The van der Waals surface area contributed by atoms with E-state index in [0.717, 1.165) is 0 Å². The van der Waals surface area contributed by atoms with Gasteiger partial charge in [-0.05, 0) is 38.5 Å². The second-order valence-corrected chi connectivity index (χ2v) is 6.42. The van der Waals surface area contributed by atoms with Gasteiger partial charge in [0.05, 0.1) is 0 Å². The first-order valence-corrected chi connectivity index (χ1v) is 9.47. The third-order valence-corrected chi connectivity index (χ3v) is 3.79. The fraction of sp³-hybridized carbons (Fsp3) is 0.667. The number of aliphatic carboxylic acids is 6. The van der Waals surface area contributed by atoms with Gasteiger partial charge in [-0.15, -0.1) is 0 Å². The Morgan fingerprint density at radius 2 is 0.457 bits per heavy atom. The van der Waals surface area contributed by atoms with E-state index in [0.29, 0.717) is 0 Å². The molecule has 0 saturated carbocycles. The molecule has 17 heteroatoms. The van der Waals surface area contributed by atoms with E-state index < -0.39 is 35.8 Å². The first-order chi connectivity index (χ1) is 14.8. The summed E-state index contributed by atoms with van der Waals surface area (Å²) in [6.07, 6.45) is -1.67. The molecule has 0 aliphatic heterocycles. The van der Waals surface area contributed by atoms with Crippen LogP contribution in [0.4, 0.5) is 0 Å². The molecule has 0 fully saturated rings. The number of carboxylic acid groups (broad SMARTS) is 6.